The Morgan fingerprint density at radius 1 is 1.40 bits per heavy atom. The predicted octanol–water partition coefficient (Wildman–Crippen LogP) is 1.34. The zero-order valence-electron chi connectivity index (χ0n) is 11.8. The van der Waals surface area contributed by atoms with Gasteiger partial charge in [0.1, 0.15) is 11.8 Å². The van der Waals surface area contributed by atoms with Crippen molar-refractivity contribution >= 4 is 5.69 Å². The third kappa shape index (κ3) is 3.13. The van der Waals surface area contributed by atoms with Gasteiger partial charge in [0.25, 0.3) is 0 Å². The molecule has 0 aliphatic rings. The van der Waals surface area contributed by atoms with Crippen LogP contribution in [0.5, 0.6) is 0 Å². The largest absolute Gasteiger partial charge is 0.375 e. The van der Waals surface area contributed by atoms with Crippen LogP contribution in [0.1, 0.15) is 44.9 Å². The number of unbranched alkanes of at least 4 members (excludes halogenated alkanes) is 1. The second kappa shape index (κ2) is 6.99. The SMILES string of the molecule is CCCCn1c(=O)[nH]c(C(CC)OC)c([N+](=O)[O-])c1=O. The van der Waals surface area contributed by atoms with Crippen molar-refractivity contribution in [2.24, 2.45) is 0 Å². The predicted molar refractivity (Wildman–Crippen MR) is 72.9 cm³/mol. The molecular formula is C12H19N3O5. The van der Waals surface area contributed by atoms with Crippen molar-refractivity contribution in [3.05, 3.63) is 36.6 Å². The fourth-order valence-corrected chi connectivity index (χ4v) is 1.99. The number of hydrogen-bond acceptors (Lipinski definition) is 5. The lowest BCUT2D eigenvalue weighted by Crippen LogP contribution is -2.38. The molecule has 0 aromatic carbocycles. The normalized spacial score (nSPS) is 12.3. The van der Waals surface area contributed by atoms with Crippen molar-refractivity contribution < 1.29 is 9.66 Å². The van der Waals surface area contributed by atoms with Crippen LogP contribution in [0, 0.1) is 10.1 Å². The Morgan fingerprint density at radius 2 is 2.05 bits per heavy atom. The number of methoxy groups -OCH3 is 1. The topological polar surface area (TPSA) is 107 Å². The minimum absolute atomic E-state index is 0.0669. The standard InChI is InChI=1S/C12H19N3O5/c1-4-6-7-14-11(16)10(15(18)19)9(13-12(14)17)8(5-2)20-3/h8H,4-7H2,1-3H3,(H,13,17). The molecule has 0 aliphatic carbocycles. The molecule has 1 unspecified atom stereocenters. The molecule has 1 aromatic rings. The van der Waals surface area contributed by atoms with Crippen LogP contribution in [-0.4, -0.2) is 21.6 Å². The second-order valence-corrected chi connectivity index (χ2v) is 4.39. The molecule has 0 amide bonds. The average Bonchev–Trinajstić information content (AvgIpc) is 2.39. The molecule has 1 atom stereocenters. The summed E-state index contributed by atoms with van der Waals surface area (Å²) in [6.07, 6.45) is 1.10. The van der Waals surface area contributed by atoms with Crippen LogP contribution in [0.3, 0.4) is 0 Å². The third-order valence-corrected chi connectivity index (χ3v) is 3.08. The van der Waals surface area contributed by atoms with Gasteiger partial charge in [-0.1, -0.05) is 20.3 Å². The highest BCUT2D eigenvalue weighted by molar-refractivity contribution is 5.33. The molecule has 0 fully saturated rings. The number of nitrogens with zero attached hydrogens (tertiary/aromatic N) is 2. The average molecular weight is 285 g/mol. The highest BCUT2D eigenvalue weighted by atomic mass is 16.6. The van der Waals surface area contributed by atoms with E-state index in [4.69, 9.17) is 4.74 Å². The van der Waals surface area contributed by atoms with Crippen LogP contribution < -0.4 is 11.2 Å². The van der Waals surface area contributed by atoms with E-state index in [0.29, 0.717) is 12.8 Å². The smallest absolute Gasteiger partial charge is 0.356 e. The first-order valence-electron chi connectivity index (χ1n) is 6.52. The number of hydrogen-bond donors (Lipinski definition) is 1. The Balaban J connectivity index is 3.52. The Kier molecular flexibility index (Phi) is 5.63. The van der Waals surface area contributed by atoms with Crippen LogP contribution >= 0.6 is 0 Å². The van der Waals surface area contributed by atoms with Crippen LogP contribution in [-0.2, 0) is 11.3 Å². The number of aromatic nitrogens is 2. The summed E-state index contributed by atoms with van der Waals surface area (Å²) < 4.78 is 5.95. The van der Waals surface area contributed by atoms with E-state index in [1.54, 1.807) is 6.92 Å². The molecular weight excluding hydrogens is 266 g/mol. The second-order valence-electron chi connectivity index (χ2n) is 4.39. The summed E-state index contributed by atoms with van der Waals surface area (Å²) >= 11 is 0. The molecule has 0 bridgehead atoms. The van der Waals surface area contributed by atoms with Crippen molar-refractivity contribution in [1.82, 2.24) is 9.55 Å². The van der Waals surface area contributed by atoms with E-state index in [9.17, 15) is 19.7 Å². The van der Waals surface area contributed by atoms with Crippen LogP contribution in [0.25, 0.3) is 0 Å². The van der Waals surface area contributed by atoms with E-state index in [0.717, 1.165) is 11.0 Å². The number of rotatable bonds is 7. The number of nitro groups is 1. The fourth-order valence-electron chi connectivity index (χ4n) is 1.99. The Morgan fingerprint density at radius 3 is 2.50 bits per heavy atom. The van der Waals surface area contributed by atoms with Gasteiger partial charge in [-0.25, -0.2) is 4.79 Å². The van der Waals surface area contributed by atoms with Gasteiger partial charge in [0, 0.05) is 13.7 Å². The quantitative estimate of drug-likeness (QED) is 0.601. The Bertz CT molecular complexity index is 586. The van der Waals surface area contributed by atoms with Gasteiger partial charge in [-0.2, -0.15) is 0 Å². The summed E-state index contributed by atoms with van der Waals surface area (Å²) in [5.74, 6) is 0. The Hall–Kier alpha value is -1.96. The summed E-state index contributed by atoms with van der Waals surface area (Å²) in [7, 11) is 1.37. The lowest BCUT2D eigenvalue weighted by atomic mass is 10.1. The molecule has 20 heavy (non-hydrogen) atoms. The maximum absolute atomic E-state index is 12.1. The van der Waals surface area contributed by atoms with Crippen LogP contribution in [0.4, 0.5) is 5.69 Å². The van der Waals surface area contributed by atoms with Crippen molar-refractivity contribution in [3.8, 4) is 0 Å². The van der Waals surface area contributed by atoms with E-state index in [-0.39, 0.29) is 12.2 Å². The van der Waals surface area contributed by atoms with Gasteiger partial charge >= 0.3 is 16.9 Å². The van der Waals surface area contributed by atoms with Gasteiger partial charge in [-0.3, -0.25) is 19.5 Å². The molecule has 1 N–H and O–H groups in total. The molecule has 1 rings (SSSR count). The lowest BCUT2D eigenvalue weighted by molar-refractivity contribution is -0.388. The van der Waals surface area contributed by atoms with Gasteiger partial charge < -0.3 is 9.72 Å². The summed E-state index contributed by atoms with van der Waals surface area (Å²) in [4.78, 5) is 36.8. The van der Waals surface area contributed by atoms with Gasteiger partial charge in [0.15, 0.2) is 0 Å². The van der Waals surface area contributed by atoms with Crippen LogP contribution in [0.2, 0.25) is 0 Å². The fraction of sp³-hybridized carbons (Fsp3) is 0.667. The first-order chi connectivity index (χ1) is 9.47. The number of H-pyrrole nitrogens is 1. The van der Waals surface area contributed by atoms with Crippen molar-refractivity contribution in [2.45, 2.75) is 45.8 Å². The van der Waals surface area contributed by atoms with Crippen molar-refractivity contribution in [3.63, 3.8) is 0 Å². The Labute approximate surface area is 115 Å². The molecule has 112 valence electrons. The van der Waals surface area contributed by atoms with E-state index < -0.39 is 28.0 Å². The molecule has 8 nitrogen and oxygen atoms in total. The summed E-state index contributed by atoms with van der Waals surface area (Å²) in [5, 5.41) is 11.1. The van der Waals surface area contributed by atoms with E-state index in [1.165, 1.54) is 7.11 Å². The number of nitrogens with one attached hydrogen (secondary N) is 1. The van der Waals surface area contributed by atoms with E-state index >= 15 is 0 Å². The highest BCUT2D eigenvalue weighted by Gasteiger charge is 2.28. The number of aromatic amines is 1. The first-order valence-corrected chi connectivity index (χ1v) is 6.52. The molecule has 8 heteroatoms. The number of ether oxygens (including phenoxy) is 1. The minimum Gasteiger partial charge on any atom is -0.375 e. The van der Waals surface area contributed by atoms with E-state index in [1.807, 2.05) is 6.92 Å². The highest BCUT2D eigenvalue weighted by Crippen LogP contribution is 2.23. The zero-order valence-corrected chi connectivity index (χ0v) is 11.8. The molecule has 0 saturated carbocycles. The lowest BCUT2D eigenvalue weighted by Gasteiger charge is -2.14. The van der Waals surface area contributed by atoms with Crippen LogP contribution in [0.15, 0.2) is 9.59 Å². The molecule has 1 aromatic heterocycles. The van der Waals surface area contributed by atoms with Gasteiger partial charge in [0.05, 0.1) is 4.92 Å². The third-order valence-electron chi connectivity index (χ3n) is 3.08. The zero-order chi connectivity index (χ0) is 15.3. The first kappa shape index (κ1) is 16.1. The van der Waals surface area contributed by atoms with Gasteiger partial charge in [0.2, 0.25) is 0 Å². The molecule has 0 aliphatic heterocycles. The monoisotopic (exact) mass is 285 g/mol. The summed E-state index contributed by atoms with van der Waals surface area (Å²) in [5.41, 5.74) is -2.20. The minimum atomic E-state index is -0.877. The molecule has 0 radical (unpaired) electrons. The molecule has 0 saturated heterocycles. The van der Waals surface area contributed by atoms with Gasteiger partial charge in [-0.15, -0.1) is 0 Å². The van der Waals surface area contributed by atoms with Gasteiger partial charge in [-0.05, 0) is 12.8 Å². The molecule has 1 heterocycles. The van der Waals surface area contributed by atoms with Crippen molar-refractivity contribution in [2.75, 3.05) is 7.11 Å². The maximum Gasteiger partial charge on any atom is 0.356 e. The van der Waals surface area contributed by atoms with E-state index in [2.05, 4.69) is 4.98 Å². The maximum atomic E-state index is 12.1. The van der Waals surface area contributed by atoms with Crippen molar-refractivity contribution in [1.29, 1.82) is 0 Å². The summed E-state index contributed by atoms with van der Waals surface area (Å²) in [6.45, 7) is 3.81. The summed E-state index contributed by atoms with van der Waals surface area (Å²) in [6, 6.07) is 0. The molecule has 0 spiro atoms.